The van der Waals surface area contributed by atoms with Gasteiger partial charge >= 0.3 is 0 Å². The summed E-state index contributed by atoms with van der Waals surface area (Å²) in [6.45, 7) is 4.00. The minimum atomic E-state index is -0.134. The second kappa shape index (κ2) is 9.16. The van der Waals surface area contributed by atoms with Crippen molar-refractivity contribution >= 4 is 45.0 Å². The molecule has 146 valence electrons. The molecule has 0 unspecified atom stereocenters. The zero-order valence-corrected chi connectivity index (χ0v) is 17.5. The monoisotopic (exact) mass is 409 g/mol. The number of anilines is 1. The zero-order chi connectivity index (χ0) is 18.7. The van der Waals surface area contributed by atoms with Gasteiger partial charge in [0, 0.05) is 25.8 Å². The molecule has 27 heavy (non-hydrogen) atoms. The molecule has 3 rings (SSSR count). The second-order valence-electron chi connectivity index (χ2n) is 6.15. The predicted molar refractivity (Wildman–Crippen MR) is 112 cm³/mol. The number of carbonyl (C=O) groups excluding carboxylic acids is 1. The third kappa shape index (κ3) is 4.77. The number of ether oxygens (including phenoxy) is 1. The molecule has 0 bridgehead atoms. The lowest BCUT2D eigenvalue weighted by Crippen LogP contribution is -2.37. The van der Waals surface area contributed by atoms with Crippen molar-refractivity contribution < 1.29 is 9.53 Å². The summed E-state index contributed by atoms with van der Waals surface area (Å²) in [5.41, 5.74) is 1.29. The summed E-state index contributed by atoms with van der Waals surface area (Å²) in [5.74, 6) is 0.644. The van der Waals surface area contributed by atoms with Gasteiger partial charge in [-0.25, -0.2) is 4.98 Å². The van der Waals surface area contributed by atoms with Gasteiger partial charge in [0.25, 0.3) is 5.91 Å². The lowest BCUT2D eigenvalue weighted by molar-refractivity contribution is 0.0979. The van der Waals surface area contributed by atoms with Crippen LogP contribution in [0.3, 0.4) is 0 Å². The van der Waals surface area contributed by atoms with Crippen LogP contribution in [0.2, 0.25) is 0 Å². The van der Waals surface area contributed by atoms with Crippen LogP contribution in [0, 0.1) is 0 Å². The SMILES string of the molecule is CCn1ccc(C(=O)N(CCN(C)C)c2nc3ccc(OC)cc3s2)n1.Cl. The molecular weight excluding hydrogens is 386 g/mol. The van der Waals surface area contributed by atoms with Crippen LogP contribution >= 0.6 is 23.7 Å². The number of aromatic nitrogens is 3. The minimum absolute atomic E-state index is 0. The lowest BCUT2D eigenvalue weighted by atomic mass is 10.3. The molecule has 9 heteroatoms. The molecule has 2 aromatic heterocycles. The first-order chi connectivity index (χ1) is 12.5. The van der Waals surface area contributed by atoms with Crippen molar-refractivity contribution in [3.8, 4) is 5.75 Å². The van der Waals surface area contributed by atoms with Gasteiger partial charge in [0.15, 0.2) is 10.8 Å². The number of rotatable bonds is 7. The third-order valence-corrected chi connectivity index (χ3v) is 5.06. The first-order valence-electron chi connectivity index (χ1n) is 8.46. The van der Waals surface area contributed by atoms with Crippen molar-refractivity contribution in [2.24, 2.45) is 0 Å². The molecule has 0 saturated carbocycles. The van der Waals surface area contributed by atoms with Crippen molar-refractivity contribution in [3.05, 3.63) is 36.2 Å². The molecule has 1 amide bonds. The summed E-state index contributed by atoms with van der Waals surface area (Å²) in [6, 6.07) is 7.48. The van der Waals surface area contributed by atoms with Crippen LogP contribution in [-0.2, 0) is 6.54 Å². The van der Waals surface area contributed by atoms with Crippen LogP contribution in [0.25, 0.3) is 10.2 Å². The molecule has 3 aromatic rings. The maximum Gasteiger partial charge on any atom is 0.280 e. The number of hydrogen-bond donors (Lipinski definition) is 0. The topological polar surface area (TPSA) is 63.5 Å². The Balaban J connectivity index is 0.00000261. The smallest absolute Gasteiger partial charge is 0.280 e. The number of halogens is 1. The van der Waals surface area contributed by atoms with E-state index in [1.54, 1.807) is 22.8 Å². The van der Waals surface area contributed by atoms with E-state index in [2.05, 4.69) is 10.1 Å². The van der Waals surface area contributed by atoms with E-state index in [1.807, 2.05) is 50.3 Å². The number of amides is 1. The van der Waals surface area contributed by atoms with Gasteiger partial charge in [-0.05, 0) is 45.3 Å². The van der Waals surface area contributed by atoms with Crippen molar-refractivity contribution in [1.82, 2.24) is 19.7 Å². The van der Waals surface area contributed by atoms with Gasteiger partial charge in [0.1, 0.15) is 5.75 Å². The maximum atomic E-state index is 13.1. The number of hydrogen-bond acceptors (Lipinski definition) is 6. The Kier molecular flexibility index (Phi) is 7.18. The van der Waals surface area contributed by atoms with E-state index in [9.17, 15) is 4.79 Å². The van der Waals surface area contributed by atoms with E-state index < -0.39 is 0 Å². The highest BCUT2D eigenvalue weighted by molar-refractivity contribution is 7.22. The predicted octanol–water partition coefficient (Wildman–Crippen LogP) is 3.15. The number of benzene rings is 1. The lowest BCUT2D eigenvalue weighted by Gasteiger charge is -2.21. The number of carbonyl (C=O) groups is 1. The fraction of sp³-hybridized carbons (Fsp3) is 0.389. The highest BCUT2D eigenvalue weighted by Crippen LogP contribution is 2.32. The number of fused-ring (bicyclic) bond motifs is 1. The molecule has 0 aliphatic heterocycles. The van der Waals surface area contributed by atoms with E-state index in [4.69, 9.17) is 4.74 Å². The van der Waals surface area contributed by atoms with Crippen molar-refractivity contribution in [2.45, 2.75) is 13.5 Å². The summed E-state index contributed by atoms with van der Waals surface area (Å²) >= 11 is 1.48. The molecule has 0 aliphatic rings. The molecule has 2 heterocycles. The van der Waals surface area contributed by atoms with Crippen LogP contribution in [0.4, 0.5) is 5.13 Å². The Bertz CT molecular complexity index is 908. The number of aryl methyl sites for hydroxylation is 1. The second-order valence-corrected chi connectivity index (χ2v) is 7.16. The Labute approximate surface area is 169 Å². The summed E-state index contributed by atoms with van der Waals surface area (Å²) in [4.78, 5) is 21.5. The summed E-state index contributed by atoms with van der Waals surface area (Å²) in [5, 5.41) is 5.02. The molecule has 1 aromatic carbocycles. The standard InChI is InChI=1S/C18H23N5O2S.ClH/c1-5-22-9-8-15(20-22)17(24)23(11-10-21(2)3)18-19-14-7-6-13(25-4)12-16(14)26-18;/h6-9,12H,5,10-11H2,1-4H3;1H. The fourth-order valence-electron chi connectivity index (χ4n) is 2.51. The van der Waals surface area contributed by atoms with Crippen LogP contribution < -0.4 is 9.64 Å². The van der Waals surface area contributed by atoms with E-state index in [0.29, 0.717) is 17.4 Å². The largest absolute Gasteiger partial charge is 0.497 e. The number of methoxy groups -OCH3 is 1. The van der Waals surface area contributed by atoms with Gasteiger partial charge < -0.3 is 9.64 Å². The maximum absolute atomic E-state index is 13.1. The molecule has 0 aliphatic carbocycles. The average molecular weight is 410 g/mol. The van der Waals surface area contributed by atoms with Crippen molar-refractivity contribution in [1.29, 1.82) is 0 Å². The van der Waals surface area contributed by atoms with Crippen LogP contribution in [0.1, 0.15) is 17.4 Å². The van der Waals surface area contributed by atoms with Crippen molar-refractivity contribution in [3.63, 3.8) is 0 Å². The molecule has 0 saturated heterocycles. The number of thiazole rings is 1. The number of likely N-dealkylation sites (N-methyl/N-ethyl adjacent to an activating group) is 1. The summed E-state index contributed by atoms with van der Waals surface area (Å²) in [6.07, 6.45) is 1.82. The third-order valence-electron chi connectivity index (χ3n) is 4.01. The van der Waals surface area contributed by atoms with E-state index in [0.717, 1.165) is 29.1 Å². The Morgan fingerprint density at radius 3 is 2.67 bits per heavy atom. The normalized spacial score (nSPS) is 10.9. The van der Waals surface area contributed by atoms with Gasteiger partial charge in [0.2, 0.25) is 0 Å². The van der Waals surface area contributed by atoms with Crippen LogP contribution in [0.15, 0.2) is 30.5 Å². The summed E-state index contributed by atoms with van der Waals surface area (Å²) in [7, 11) is 5.61. The molecule has 0 fully saturated rings. The quantitative estimate of drug-likeness (QED) is 0.599. The highest BCUT2D eigenvalue weighted by Gasteiger charge is 2.23. The average Bonchev–Trinajstić information content (AvgIpc) is 3.27. The Morgan fingerprint density at radius 2 is 2.04 bits per heavy atom. The highest BCUT2D eigenvalue weighted by atomic mass is 35.5. The van der Waals surface area contributed by atoms with Gasteiger partial charge in [-0.15, -0.1) is 12.4 Å². The van der Waals surface area contributed by atoms with Crippen LogP contribution in [-0.4, -0.2) is 59.9 Å². The molecule has 7 nitrogen and oxygen atoms in total. The Hall–Kier alpha value is -2.16. The summed E-state index contributed by atoms with van der Waals surface area (Å²) < 4.78 is 8.02. The zero-order valence-electron chi connectivity index (χ0n) is 15.9. The minimum Gasteiger partial charge on any atom is -0.497 e. The molecule has 0 atom stereocenters. The van der Waals surface area contributed by atoms with Gasteiger partial charge in [-0.3, -0.25) is 14.4 Å². The van der Waals surface area contributed by atoms with E-state index >= 15 is 0 Å². The van der Waals surface area contributed by atoms with E-state index in [1.165, 1.54) is 11.3 Å². The van der Waals surface area contributed by atoms with Gasteiger partial charge in [-0.1, -0.05) is 11.3 Å². The van der Waals surface area contributed by atoms with Crippen molar-refractivity contribution in [2.75, 3.05) is 39.2 Å². The number of nitrogens with zero attached hydrogens (tertiary/aromatic N) is 5. The van der Waals surface area contributed by atoms with Gasteiger partial charge in [0.05, 0.1) is 17.3 Å². The fourth-order valence-corrected chi connectivity index (χ4v) is 3.53. The molecule has 0 spiro atoms. The molecule has 0 radical (unpaired) electrons. The molecule has 0 N–H and O–H groups in total. The van der Waals surface area contributed by atoms with E-state index in [-0.39, 0.29) is 18.3 Å². The van der Waals surface area contributed by atoms with Gasteiger partial charge in [-0.2, -0.15) is 5.10 Å². The Morgan fingerprint density at radius 1 is 1.26 bits per heavy atom. The first kappa shape index (κ1) is 21.1. The molecular formula is C18H24ClN5O2S. The first-order valence-corrected chi connectivity index (χ1v) is 9.28. The van der Waals surface area contributed by atoms with Crippen LogP contribution in [0.5, 0.6) is 5.75 Å².